The minimum Gasteiger partial charge on any atom is -0.338 e. The number of rotatable bonds is 5. The Balaban J connectivity index is 1.19. The predicted molar refractivity (Wildman–Crippen MR) is 93.0 cm³/mol. The van der Waals surface area contributed by atoms with Crippen molar-refractivity contribution in [3.63, 3.8) is 0 Å². The van der Waals surface area contributed by atoms with Gasteiger partial charge in [0.25, 0.3) is 0 Å². The molecule has 2 aromatic rings. The molecule has 4 heterocycles. The molecular formula is C17H25N7. The van der Waals surface area contributed by atoms with Gasteiger partial charge in [-0.1, -0.05) is 0 Å². The topological polar surface area (TPSA) is 53.3 Å². The van der Waals surface area contributed by atoms with Crippen LogP contribution in [0.15, 0.2) is 30.9 Å². The molecule has 0 saturated carbocycles. The predicted octanol–water partition coefficient (Wildman–Crippen LogP) is 0.259. The minimum atomic E-state index is 0.713. The largest absolute Gasteiger partial charge is 0.338 e. The molecule has 0 aliphatic carbocycles. The van der Waals surface area contributed by atoms with Gasteiger partial charge in [0.1, 0.15) is 5.82 Å². The molecule has 128 valence electrons. The Morgan fingerprint density at radius 2 is 1.75 bits per heavy atom. The molecule has 2 aromatic heterocycles. The first-order chi connectivity index (χ1) is 11.8. The molecule has 0 unspecified atom stereocenters. The molecule has 7 heteroatoms. The van der Waals surface area contributed by atoms with Crippen molar-refractivity contribution in [1.82, 2.24) is 29.3 Å². The molecule has 0 aromatic carbocycles. The molecular weight excluding hydrogens is 302 g/mol. The van der Waals surface area contributed by atoms with Gasteiger partial charge in [0.05, 0.1) is 0 Å². The summed E-state index contributed by atoms with van der Waals surface area (Å²) >= 11 is 0. The van der Waals surface area contributed by atoms with Crippen LogP contribution in [0.1, 0.15) is 5.82 Å². The van der Waals surface area contributed by atoms with Gasteiger partial charge >= 0.3 is 0 Å². The fourth-order valence-corrected chi connectivity index (χ4v) is 3.59. The van der Waals surface area contributed by atoms with E-state index in [-0.39, 0.29) is 0 Å². The van der Waals surface area contributed by atoms with E-state index in [1.807, 2.05) is 30.9 Å². The lowest BCUT2D eigenvalue weighted by molar-refractivity contribution is 0.0311. The first kappa shape index (κ1) is 15.5. The van der Waals surface area contributed by atoms with Gasteiger partial charge in [-0.15, -0.1) is 0 Å². The highest BCUT2D eigenvalue weighted by Gasteiger charge is 2.33. The van der Waals surface area contributed by atoms with E-state index in [9.17, 15) is 0 Å². The van der Waals surface area contributed by atoms with E-state index in [1.54, 1.807) is 0 Å². The van der Waals surface area contributed by atoms with Crippen molar-refractivity contribution < 1.29 is 0 Å². The molecule has 0 radical (unpaired) electrons. The van der Waals surface area contributed by atoms with Crippen LogP contribution in [0.2, 0.25) is 0 Å². The van der Waals surface area contributed by atoms with Crippen LogP contribution in [0.25, 0.3) is 0 Å². The van der Waals surface area contributed by atoms with Gasteiger partial charge in [0, 0.05) is 90.1 Å². The fourth-order valence-electron chi connectivity index (χ4n) is 3.59. The minimum absolute atomic E-state index is 0.713. The van der Waals surface area contributed by atoms with Gasteiger partial charge in [-0.25, -0.2) is 15.0 Å². The summed E-state index contributed by atoms with van der Waals surface area (Å²) in [5.74, 6) is 2.04. The van der Waals surface area contributed by atoms with E-state index in [2.05, 4.69) is 41.3 Å². The van der Waals surface area contributed by atoms with Crippen LogP contribution in [0.4, 0.5) is 5.95 Å². The zero-order chi connectivity index (χ0) is 16.4. The van der Waals surface area contributed by atoms with Crippen molar-refractivity contribution in [3.05, 3.63) is 36.7 Å². The van der Waals surface area contributed by atoms with E-state index >= 15 is 0 Å². The molecule has 2 aliphatic rings. The van der Waals surface area contributed by atoms with Crippen LogP contribution in [0, 0.1) is 0 Å². The first-order valence-corrected chi connectivity index (χ1v) is 8.74. The number of piperazine rings is 1. The number of imidazole rings is 1. The van der Waals surface area contributed by atoms with Gasteiger partial charge in [-0.05, 0) is 6.07 Å². The van der Waals surface area contributed by atoms with E-state index in [1.165, 1.54) is 18.9 Å². The number of hydrogen-bond acceptors (Lipinski definition) is 6. The highest BCUT2D eigenvalue weighted by molar-refractivity contribution is 5.29. The molecule has 2 fully saturated rings. The SMILES string of the molecule is Cn1ccnc1CCN1CC(N2CCN(c3ncccn3)CC2)C1. The summed E-state index contributed by atoms with van der Waals surface area (Å²) in [6, 6.07) is 2.58. The quantitative estimate of drug-likeness (QED) is 0.785. The fraction of sp³-hybridized carbons (Fsp3) is 0.588. The summed E-state index contributed by atoms with van der Waals surface area (Å²) in [7, 11) is 2.07. The van der Waals surface area contributed by atoms with E-state index in [0.29, 0.717) is 6.04 Å². The Bertz CT molecular complexity index is 642. The molecule has 2 saturated heterocycles. The van der Waals surface area contributed by atoms with Crippen LogP contribution in [0.3, 0.4) is 0 Å². The Labute approximate surface area is 142 Å². The van der Waals surface area contributed by atoms with Gasteiger partial charge in [-0.3, -0.25) is 9.80 Å². The van der Waals surface area contributed by atoms with Crippen molar-refractivity contribution in [2.45, 2.75) is 12.5 Å². The van der Waals surface area contributed by atoms with Crippen LogP contribution in [-0.4, -0.2) is 81.2 Å². The molecule has 0 bridgehead atoms. The lowest BCUT2D eigenvalue weighted by atomic mass is 10.1. The second-order valence-corrected chi connectivity index (χ2v) is 6.69. The van der Waals surface area contributed by atoms with Gasteiger partial charge in [0.15, 0.2) is 0 Å². The lowest BCUT2D eigenvalue weighted by Crippen LogP contribution is -2.63. The molecule has 0 N–H and O–H groups in total. The third-order valence-corrected chi connectivity index (χ3v) is 5.18. The third kappa shape index (κ3) is 3.27. The summed E-state index contributed by atoms with van der Waals surface area (Å²) in [6.45, 7) is 7.74. The summed E-state index contributed by atoms with van der Waals surface area (Å²) in [5.41, 5.74) is 0. The lowest BCUT2D eigenvalue weighted by Gasteiger charge is -2.48. The van der Waals surface area contributed by atoms with Gasteiger partial charge in [0.2, 0.25) is 5.95 Å². The average Bonchev–Trinajstić information content (AvgIpc) is 3.00. The number of nitrogens with zero attached hydrogens (tertiary/aromatic N) is 7. The van der Waals surface area contributed by atoms with Crippen molar-refractivity contribution >= 4 is 5.95 Å². The maximum absolute atomic E-state index is 4.40. The summed E-state index contributed by atoms with van der Waals surface area (Å²) in [4.78, 5) is 20.6. The van der Waals surface area contributed by atoms with E-state index in [4.69, 9.17) is 0 Å². The Hall–Kier alpha value is -1.99. The maximum Gasteiger partial charge on any atom is 0.225 e. The highest BCUT2D eigenvalue weighted by Crippen LogP contribution is 2.18. The number of anilines is 1. The molecule has 7 nitrogen and oxygen atoms in total. The molecule has 2 aliphatic heterocycles. The normalized spacial score (nSPS) is 20.3. The molecule has 4 rings (SSSR count). The smallest absolute Gasteiger partial charge is 0.225 e. The van der Waals surface area contributed by atoms with Crippen LogP contribution in [-0.2, 0) is 13.5 Å². The van der Waals surface area contributed by atoms with Gasteiger partial charge in [-0.2, -0.15) is 0 Å². The third-order valence-electron chi connectivity index (χ3n) is 5.18. The number of aryl methyl sites for hydroxylation is 1. The standard InChI is InChI=1S/C17H25N7/c1-21-8-6-18-16(21)3-7-22-13-15(14-22)23-9-11-24(12-10-23)17-19-4-2-5-20-17/h2,4-6,8,15H,3,7,9-14H2,1H3. The van der Waals surface area contributed by atoms with Crippen LogP contribution >= 0.6 is 0 Å². The number of hydrogen-bond donors (Lipinski definition) is 0. The van der Waals surface area contributed by atoms with Gasteiger partial charge < -0.3 is 9.47 Å². The molecule has 0 atom stereocenters. The van der Waals surface area contributed by atoms with Crippen LogP contribution < -0.4 is 4.90 Å². The zero-order valence-corrected chi connectivity index (χ0v) is 14.3. The van der Waals surface area contributed by atoms with Crippen molar-refractivity contribution in [2.24, 2.45) is 7.05 Å². The van der Waals surface area contributed by atoms with Crippen LogP contribution in [0.5, 0.6) is 0 Å². The Morgan fingerprint density at radius 1 is 1.00 bits per heavy atom. The molecule has 0 amide bonds. The Kier molecular flexibility index (Phi) is 4.44. The second-order valence-electron chi connectivity index (χ2n) is 6.69. The second kappa shape index (κ2) is 6.86. The summed E-state index contributed by atoms with van der Waals surface area (Å²) < 4.78 is 2.11. The zero-order valence-electron chi connectivity index (χ0n) is 14.3. The highest BCUT2D eigenvalue weighted by atomic mass is 15.4. The first-order valence-electron chi connectivity index (χ1n) is 8.74. The Morgan fingerprint density at radius 3 is 2.42 bits per heavy atom. The van der Waals surface area contributed by atoms with Crippen molar-refractivity contribution in [1.29, 1.82) is 0 Å². The molecule has 24 heavy (non-hydrogen) atoms. The average molecular weight is 327 g/mol. The summed E-state index contributed by atoms with van der Waals surface area (Å²) in [6.07, 6.45) is 8.57. The maximum atomic E-state index is 4.40. The number of aromatic nitrogens is 4. The van der Waals surface area contributed by atoms with E-state index in [0.717, 1.165) is 45.1 Å². The monoisotopic (exact) mass is 327 g/mol. The number of likely N-dealkylation sites (tertiary alicyclic amines) is 1. The summed E-state index contributed by atoms with van der Waals surface area (Å²) in [5, 5.41) is 0. The van der Waals surface area contributed by atoms with Crippen molar-refractivity contribution in [2.75, 3.05) is 50.7 Å². The molecule has 0 spiro atoms. The van der Waals surface area contributed by atoms with E-state index < -0.39 is 0 Å². The van der Waals surface area contributed by atoms with Crippen molar-refractivity contribution in [3.8, 4) is 0 Å².